The monoisotopic (exact) mass is 418 g/mol. The average molecular weight is 419 g/mol. The van der Waals surface area contributed by atoms with Crippen molar-refractivity contribution < 1.29 is 0 Å². The second kappa shape index (κ2) is 26.8. The van der Waals surface area contributed by atoms with E-state index in [0.717, 1.165) is 12.3 Å². The Morgan fingerprint density at radius 1 is 0.500 bits per heavy atom. The molecule has 2 radical (unpaired) electrons. The zero-order valence-electron chi connectivity index (χ0n) is 21.1. The summed E-state index contributed by atoms with van der Waals surface area (Å²) < 4.78 is 0. The predicted molar refractivity (Wildman–Crippen MR) is 140 cm³/mol. The first-order valence-electron chi connectivity index (χ1n) is 14.0. The standard InChI is InChI=1S/C30H58/c1-4-6-8-9-10-11-12-13-14-15-16-17-18-19-20-21-22-23-24-25-26-27-29-30(3)28-7-5-2/h4,6,30H,1-2,5,7-29H2,3H3. The number of rotatable bonds is 25. The van der Waals surface area contributed by atoms with Crippen LogP contribution in [0.5, 0.6) is 0 Å². The summed E-state index contributed by atoms with van der Waals surface area (Å²) in [7, 11) is 0. The molecule has 30 heavy (non-hydrogen) atoms. The Bertz CT molecular complexity index is 316. The van der Waals surface area contributed by atoms with Crippen molar-refractivity contribution in [2.75, 3.05) is 0 Å². The molecule has 0 rings (SSSR count). The molecule has 178 valence electrons. The van der Waals surface area contributed by atoms with Crippen LogP contribution in [-0.2, 0) is 0 Å². The highest BCUT2D eigenvalue weighted by Gasteiger charge is 2.01. The van der Waals surface area contributed by atoms with Gasteiger partial charge in [0.2, 0.25) is 0 Å². The van der Waals surface area contributed by atoms with Gasteiger partial charge in [-0.05, 0) is 25.7 Å². The van der Waals surface area contributed by atoms with Gasteiger partial charge in [0.15, 0.2) is 0 Å². The fourth-order valence-electron chi connectivity index (χ4n) is 4.52. The number of allylic oxidation sites excluding steroid dienone is 2. The molecule has 0 amide bonds. The van der Waals surface area contributed by atoms with Crippen molar-refractivity contribution >= 4 is 0 Å². The second-order valence-corrected chi connectivity index (χ2v) is 9.87. The smallest absolute Gasteiger partial charge is 0.0316 e. The second-order valence-electron chi connectivity index (χ2n) is 9.87. The van der Waals surface area contributed by atoms with Gasteiger partial charge in [-0.3, -0.25) is 0 Å². The van der Waals surface area contributed by atoms with Gasteiger partial charge in [-0.25, -0.2) is 0 Å². The minimum atomic E-state index is 0.924. The van der Waals surface area contributed by atoms with E-state index in [2.05, 4.69) is 26.8 Å². The molecule has 0 aliphatic carbocycles. The van der Waals surface area contributed by atoms with Crippen molar-refractivity contribution in [3.8, 4) is 0 Å². The molecule has 0 saturated carbocycles. The SMILES string of the molecule is [CH2]C=CCCCCCCCCCCCCCCCCCCCCCC(C)CCC[CH2]. The quantitative estimate of drug-likeness (QED) is 0.129. The van der Waals surface area contributed by atoms with Crippen LogP contribution in [0.25, 0.3) is 0 Å². The van der Waals surface area contributed by atoms with Crippen LogP contribution in [0.1, 0.15) is 161 Å². The molecule has 0 N–H and O–H groups in total. The largest absolute Gasteiger partial charge is 0.0885 e. The summed E-state index contributed by atoms with van der Waals surface area (Å²) in [5.41, 5.74) is 0. The molecular weight excluding hydrogens is 360 g/mol. The van der Waals surface area contributed by atoms with Crippen LogP contribution in [-0.4, -0.2) is 0 Å². The third-order valence-corrected chi connectivity index (χ3v) is 6.68. The Morgan fingerprint density at radius 3 is 1.20 bits per heavy atom. The van der Waals surface area contributed by atoms with Crippen molar-refractivity contribution in [1.29, 1.82) is 0 Å². The molecule has 0 aromatic rings. The van der Waals surface area contributed by atoms with Gasteiger partial charge >= 0.3 is 0 Å². The van der Waals surface area contributed by atoms with E-state index in [1.807, 2.05) is 6.08 Å². The highest BCUT2D eigenvalue weighted by atomic mass is 14.1. The molecule has 1 atom stereocenters. The minimum absolute atomic E-state index is 0.924. The van der Waals surface area contributed by atoms with E-state index in [1.165, 1.54) is 148 Å². The number of unbranched alkanes of at least 4 members (excludes halogenated alkanes) is 20. The summed E-state index contributed by atoms with van der Waals surface area (Å²) in [6.07, 6.45) is 38.3. The molecular formula is C30H58. The van der Waals surface area contributed by atoms with E-state index in [4.69, 9.17) is 0 Å². The van der Waals surface area contributed by atoms with Crippen molar-refractivity contribution in [1.82, 2.24) is 0 Å². The van der Waals surface area contributed by atoms with Gasteiger partial charge in [0, 0.05) is 0 Å². The first-order valence-corrected chi connectivity index (χ1v) is 14.0. The molecule has 0 aromatic heterocycles. The molecule has 0 aliphatic rings. The molecule has 0 saturated heterocycles. The molecule has 0 bridgehead atoms. The Kier molecular flexibility index (Phi) is 26.5. The van der Waals surface area contributed by atoms with Gasteiger partial charge in [-0.1, -0.05) is 167 Å². The molecule has 0 spiro atoms. The molecule has 0 nitrogen and oxygen atoms in total. The third kappa shape index (κ3) is 25.8. The minimum Gasteiger partial charge on any atom is -0.0885 e. The molecule has 1 unspecified atom stereocenters. The summed E-state index contributed by atoms with van der Waals surface area (Å²) in [5, 5.41) is 0. The third-order valence-electron chi connectivity index (χ3n) is 6.68. The van der Waals surface area contributed by atoms with Crippen LogP contribution in [0, 0.1) is 19.8 Å². The normalized spacial score (nSPS) is 12.8. The maximum absolute atomic E-state index is 3.95. The lowest BCUT2D eigenvalue weighted by Gasteiger charge is -2.10. The molecule has 0 heteroatoms. The first kappa shape index (κ1) is 29.7. The van der Waals surface area contributed by atoms with Gasteiger partial charge < -0.3 is 0 Å². The van der Waals surface area contributed by atoms with Crippen LogP contribution in [0.3, 0.4) is 0 Å². The zero-order valence-corrected chi connectivity index (χ0v) is 21.1. The van der Waals surface area contributed by atoms with E-state index in [1.54, 1.807) is 0 Å². The van der Waals surface area contributed by atoms with Crippen LogP contribution >= 0.6 is 0 Å². The van der Waals surface area contributed by atoms with E-state index in [9.17, 15) is 0 Å². The first-order chi connectivity index (χ1) is 14.8. The van der Waals surface area contributed by atoms with E-state index in [0.29, 0.717) is 0 Å². The highest BCUT2D eigenvalue weighted by Crippen LogP contribution is 2.18. The predicted octanol–water partition coefficient (Wildman–Crippen LogP) is 11.2. The Balaban J connectivity index is 3.05. The summed E-state index contributed by atoms with van der Waals surface area (Å²) in [6.45, 7) is 10.1. The molecule has 0 fully saturated rings. The lowest BCUT2D eigenvalue weighted by Crippen LogP contribution is -1.94. The topological polar surface area (TPSA) is 0 Å². The van der Waals surface area contributed by atoms with Crippen molar-refractivity contribution in [2.45, 2.75) is 161 Å². The maximum atomic E-state index is 3.95. The Morgan fingerprint density at radius 2 is 0.833 bits per heavy atom. The summed E-state index contributed by atoms with van der Waals surface area (Å²) >= 11 is 0. The summed E-state index contributed by atoms with van der Waals surface area (Å²) in [4.78, 5) is 0. The van der Waals surface area contributed by atoms with Gasteiger partial charge in [0.1, 0.15) is 0 Å². The molecule has 0 aromatic carbocycles. The lowest BCUT2D eigenvalue weighted by molar-refractivity contribution is 0.443. The van der Waals surface area contributed by atoms with Crippen molar-refractivity contribution in [2.24, 2.45) is 5.92 Å². The Labute approximate surface area is 193 Å². The average Bonchev–Trinajstić information content (AvgIpc) is 2.75. The number of hydrogen-bond acceptors (Lipinski definition) is 0. The molecule has 0 aliphatic heterocycles. The van der Waals surface area contributed by atoms with Gasteiger partial charge in [0.05, 0.1) is 0 Å². The van der Waals surface area contributed by atoms with E-state index in [-0.39, 0.29) is 0 Å². The highest BCUT2D eigenvalue weighted by molar-refractivity contribution is 4.83. The molecule has 0 heterocycles. The van der Waals surface area contributed by atoms with Crippen LogP contribution in [0.15, 0.2) is 12.2 Å². The lowest BCUT2D eigenvalue weighted by atomic mass is 9.97. The zero-order chi connectivity index (χ0) is 22.0. The van der Waals surface area contributed by atoms with Crippen LogP contribution < -0.4 is 0 Å². The Hall–Kier alpha value is -0.260. The maximum Gasteiger partial charge on any atom is -0.0316 e. The fourth-order valence-corrected chi connectivity index (χ4v) is 4.52. The van der Waals surface area contributed by atoms with E-state index >= 15 is 0 Å². The summed E-state index contributed by atoms with van der Waals surface area (Å²) in [6, 6.07) is 0. The van der Waals surface area contributed by atoms with Gasteiger partial charge in [-0.15, -0.1) is 0 Å². The summed E-state index contributed by atoms with van der Waals surface area (Å²) in [5.74, 6) is 0.924. The van der Waals surface area contributed by atoms with Gasteiger partial charge in [-0.2, -0.15) is 0 Å². The van der Waals surface area contributed by atoms with E-state index < -0.39 is 0 Å². The van der Waals surface area contributed by atoms with Gasteiger partial charge in [0.25, 0.3) is 0 Å². The van der Waals surface area contributed by atoms with Crippen LogP contribution in [0.2, 0.25) is 0 Å². The number of hydrogen-bond donors (Lipinski definition) is 0. The van der Waals surface area contributed by atoms with Crippen LogP contribution in [0.4, 0.5) is 0 Å². The van der Waals surface area contributed by atoms with Crippen molar-refractivity contribution in [3.05, 3.63) is 26.0 Å². The fraction of sp³-hybridized carbons (Fsp3) is 0.867. The van der Waals surface area contributed by atoms with Crippen molar-refractivity contribution in [3.63, 3.8) is 0 Å².